The fourth-order valence-electron chi connectivity index (χ4n) is 4.62. The summed E-state index contributed by atoms with van der Waals surface area (Å²) in [6.45, 7) is 2.53. The first-order valence-corrected chi connectivity index (χ1v) is 10.4. The average Bonchev–Trinajstić information content (AvgIpc) is 3.22. The number of benzene rings is 1. The van der Waals surface area contributed by atoms with E-state index >= 15 is 0 Å². The maximum absolute atomic E-state index is 13.0. The zero-order valence-electron chi connectivity index (χ0n) is 16.9. The van der Waals surface area contributed by atoms with Crippen LogP contribution in [0, 0.1) is 5.92 Å². The van der Waals surface area contributed by atoms with Crippen LogP contribution in [0.2, 0.25) is 0 Å². The molecule has 2 amide bonds. The number of piperidine rings is 2. The van der Waals surface area contributed by atoms with Gasteiger partial charge in [0.15, 0.2) is 5.76 Å². The lowest BCUT2D eigenvalue weighted by molar-refractivity contribution is -0.133. The third kappa shape index (κ3) is 4.37. The highest BCUT2D eigenvalue weighted by Crippen LogP contribution is 2.32. The van der Waals surface area contributed by atoms with E-state index in [0.29, 0.717) is 37.0 Å². The van der Waals surface area contributed by atoms with Gasteiger partial charge >= 0.3 is 0 Å². The van der Waals surface area contributed by atoms with Crippen LogP contribution in [0.1, 0.15) is 41.1 Å². The Morgan fingerprint density at radius 1 is 1.10 bits per heavy atom. The van der Waals surface area contributed by atoms with Crippen molar-refractivity contribution in [1.82, 2.24) is 9.80 Å². The monoisotopic (exact) mass is 396 g/mol. The number of hydrogen-bond acceptors (Lipinski definition) is 4. The normalized spacial score (nSPS) is 21.7. The van der Waals surface area contributed by atoms with Gasteiger partial charge in [-0.1, -0.05) is 30.3 Å². The summed E-state index contributed by atoms with van der Waals surface area (Å²) in [5, 5.41) is 0. The van der Waals surface area contributed by atoms with Crippen LogP contribution in [0.3, 0.4) is 0 Å². The third-order valence-corrected chi connectivity index (χ3v) is 6.04. The van der Waals surface area contributed by atoms with Gasteiger partial charge in [0.25, 0.3) is 5.91 Å². The number of fused-ring (bicyclic) bond motifs is 1. The molecule has 2 aliphatic heterocycles. The van der Waals surface area contributed by atoms with E-state index in [1.54, 1.807) is 19.2 Å². The summed E-state index contributed by atoms with van der Waals surface area (Å²) in [6.07, 6.45) is 3.27. The first-order chi connectivity index (χ1) is 14.2. The Hall–Kier alpha value is -2.60. The van der Waals surface area contributed by atoms with E-state index in [4.69, 9.17) is 9.15 Å². The van der Waals surface area contributed by atoms with Gasteiger partial charge in [-0.3, -0.25) is 9.59 Å². The van der Waals surface area contributed by atoms with Crippen LogP contribution in [0.4, 0.5) is 0 Å². The molecule has 2 saturated heterocycles. The van der Waals surface area contributed by atoms with Gasteiger partial charge in [-0.2, -0.15) is 0 Å². The molecule has 0 radical (unpaired) electrons. The zero-order valence-corrected chi connectivity index (χ0v) is 16.9. The summed E-state index contributed by atoms with van der Waals surface area (Å²) >= 11 is 0. The zero-order chi connectivity index (χ0) is 20.2. The van der Waals surface area contributed by atoms with Gasteiger partial charge in [-0.15, -0.1) is 0 Å². The number of carbonyl (C=O) groups is 2. The molecule has 0 aliphatic carbocycles. The van der Waals surface area contributed by atoms with Crippen LogP contribution in [0.25, 0.3) is 0 Å². The van der Waals surface area contributed by atoms with E-state index in [0.717, 1.165) is 37.9 Å². The predicted molar refractivity (Wildman–Crippen MR) is 108 cm³/mol. The fraction of sp³-hybridized carbons (Fsp3) is 0.478. The second kappa shape index (κ2) is 8.82. The molecule has 3 heterocycles. The highest BCUT2D eigenvalue weighted by molar-refractivity contribution is 5.92. The third-order valence-electron chi connectivity index (χ3n) is 6.04. The number of hydrogen-bond donors (Lipinski definition) is 0. The maximum atomic E-state index is 13.0. The van der Waals surface area contributed by atoms with Crippen molar-refractivity contribution in [1.29, 1.82) is 0 Å². The molecule has 2 aromatic rings. The van der Waals surface area contributed by atoms with E-state index in [2.05, 4.69) is 0 Å². The molecule has 29 heavy (non-hydrogen) atoms. The molecule has 0 N–H and O–H groups in total. The van der Waals surface area contributed by atoms with Gasteiger partial charge in [0, 0.05) is 32.8 Å². The Morgan fingerprint density at radius 2 is 1.93 bits per heavy atom. The Morgan fingerprint density at radius 3 is 2.72 bits per heavy atom. The number of nitrogens with zero attached hydrogens (tertiary/aromatic N) is 2. The summed E-state index contributed by atoms with van der Waals surface area (Å²) in [5.74, 6) is 1.49. The van der Waals surface area contributed by atoms with Gasteiger partial charge in [0.1, 0.15) is 12.4 Å². The topological polar surface area (TPSA) is 63.0 Å². The molecule has 0 saturated carbocycles. The quantitative estimate of drug-likeness (QED) is 0.779. The second-order valence-corrected chi connectivity index (χ2v) is 7.96. The first-order valence-electron chi connectivity index (χ1n) is 10.4. The highest BCUT2D eigenvalue weighted by atomic mass is 16.5. The van der Waals surface area contributed by atoms with Crippen LogP contribution < -0.4 is 0 Å². The van der Waals surface area contributed by atoms with E-state index in [9.17, 15) is 9.59 Å². The summed E-state index contributed by atoms with van der Waals surface area (Å²) in [4.78, 5) is 29.7. The molecule has 154 valence electrons. The standard InChI is InChI=1S/C23H28N2O4/c1-28-16-19-9-10-21(29-19)23(27)25-12-5-8-18-15-24(13-11-20(18)25)22(26)14-17-6-3-2-4-7-17/h2-4,6-7,9-10,18,20H,5,8,11-16H2,1H3/t18-,20+/m1/s1. The minimum atomic E-state index is -0.0499. The minimum absolute atomic E-state index is 0.0499. The molecule has 1 aromatic heterocycles. The molecule has 0 bridgehead atoms. The van der Waals surface area contributed by atoms with Gasteiger partial charge in [-0.25, -0.2) is 0 Å². The van der Waals surface area contributed by atoms with Crippen LogP contribution in [-0.4, -0.2) is 54.4 Å². The van der Waals surface area contributed by atoms with Crippen molar-refractivity contribution < 1.29 is 18.7 Å². The molecule has 2 fully saturated rings. The van der Waals surface area contributed by atoms with Crippen molar-refractivity contribution in [2.45, 2.75) is 38.3 Å². The number of ether oxygens (including phenoxy) is 1. The van der Waals surface area contributed by atoms with Crippen molar-refractivity contribution in [2.24, 2.45) is 5.92 Å². The van der Waals surface area contributed by atoms with Crippen LogP contribution >= 0.6 is 0 Å². The van der Waals surface area contributed by atoms with Gasteiger partial charge in [-0.05, 0) is 42.9 Å². The SMILES string of the molecule is COCc1ccc(C(=O)N2CCC[C@@H]3CN(C(=O)Cc4ccccc4)CC[C@@H]32)o1. The van der Waals surface area contributed by atoms with Crippen LogP contribution in [0.15, 0.2) is 46.9 Å². The van der Waals surface area contributed by atoms with E-state index < -0.39 is 0 Å². The number of likely N-dealkylation sites (tertiary alicyclic amines) is 2. The lowest BCUT2D eigenvalue weighted by atomic mass is 9.83. The molecule has 0 unspecified atom stereocenters. The second-order valence-electron chi connectivity index (χ2n) is 7.96. The maximum Gasteiger partial charge on any atom is 0.289 e. The van der Waals surface area contributed by atoms with Gasteiger partial charge < -0.3 is 19.0 Å². The molecule has 1 aromatic carbocycles. The van der Waals surface area contributed by atoms with E-state index in [-0.39, 0.29) is 17.9 Å². The van der Waals surface area contributed by atoms with Crippen molar-refractivity contribution in [2.75, 3.05) is 26.7 Å². The molecule has 0 spiro atoms. The number of carbonyl (C=O) groups excluding carboxylic acids is 2. The van der Waals surface area contributed by atoms with Gasteiger partial charge in [0.2, 0.25) is 5.91 Å². The predicted octanol–water partition coefficient (Wildman–Crippen LogP) is 3.12. The Balaban J connectivity index is 1.40. The summed E-state index contributed by atoms with van der Waals surface area (Å²) in [7, 11) is 1.60. The number of rotatable bonds is 5. The number of methoxy groups -OCH3 is 1. The summed E-state index contributed by atoms with van der Waals surface area (Å²) in [5.41, 5.74) is 1.05. The molecule has 6 nitrogen and oxygen atoms in total. The Labute approximate surface area is 171 Å². The number of amides is 2. The van der Waals surface area contributed by atoms with Crippen LogP contribution in [0.5, 0.6) is 0 Å². The summed E-state index contributed by atoms with van der Waals surface area (Å²) < 4.78 is 10.7. The lowest BCUT2D eigenvalue weighted by Crippen LogP contribution is -2.56. The van der Waals surface area contributed by atoms with Crippen LogP contribution in [-0.2, 0) is 22.6 Å². The summed E-state index contributed by atoms with van der Waals surface area (Å²) in [6, 6.07) is 13.6. The first kappa shape index (κ1) is 19.7. The molecular formula is C23H28N2O4. The van der Waals surface area contributed by atoms with E-state index in [1.807, 2.05) is 40.1 Å². The number of furan rings is 1. The molecule has 2 atom stereocenters. The molecule has 6 heteroatoms. The van der Waals surface area contributed by atoms with Crippen molar-refractivity contribution in [3.05, 3.63) is 59.5 Å². The molecule has 2 aliphatic rings. The lowest BCUT2D eigenvalue weighted by Gasteiger charge is -2.47. The fourth-order valence-corrected chi connectivity index (χ4v) is 4.62. The van der Waals surface area contributed by atoms with Crippen molar-refractivity contribution >= 4 is 11.8 Å². The largest absolute Gasteiger partial charge is 0.453 e. The van der Waals surface area contributed by atoms with Gasteiger partial charge in [0.05, 0.1) is 6.42 Å². The Kier molecular flexibility index (Phi) is 6.00. The van der Waals surface area contributed by atoms with Crippen molar-refractivity contribution in [3.8, 4) is 0 Å². The molecule has 4 rings (SSSR count). The average molecular weight is 396 g/mol. The van der Waals surface area contributed by atoms with Crippen molar-refractivity contribution in [3.63, 3.8) is 0 Å². The highest BCUT2D eigenvalue weighted by Gasteiger charge is 2.40. The van der Waals surface area contributed by atoms with E-state index in [1.165, 1.54) is 0 Å². The molecular weight excluding hydrogens is 368 g/mol. The minimum Gasteiger partial charge on any atom is -0.453 e. The smallest absolute Gasteiger partial charge is 0.289 e. The Bertz CT molecular complexity index is 848.